The highest BCUT2D eigenvalue weighted by Crippen LogP contribution is 2.29. The molecule has 3 aromatic carbocycles. The Morgan fingerprint density at radius 2 is 1.57 bits per heavy atom. The lowest BCUT2D eigenvalue weighted by Gasteiger charge is -2.17. The number of aryl methyl sites for hydroxylation is 1. The van der Waals surface area contributed by atoms with E-state index in [4.69, 9.17) is 14.2 Å². The van der Waals surface area contributed by atoms with Gasteiger partial charge < -0.3 is 24.4 Å². The quantitative estimate of drug-likeness (QED) is 0.489. The number of nitrogens with zero attached hydrogens (tertiary/aromatic N) is 1. The summed E-state index contributed by atoms with van der Waals surface area (Å²) in [7, 11) is 1.60. The third-order valence-corrected chi connectivity index (χ3v) is 5.67. The predicted molar refractivity (Wildman–Crippen MR) is 131 cm³/mol. The molecule has 1 saturated heterocycles. The van der Waals surface area contributed by atoms with Crippen LogP contribution >= 0.6 is 0 Å². The largest absolute Gasteiger partial charge is 0.497 e. The minimum absolute atomic E-state index is 0.0301. The molecule has 8 nitrogen and oxygen atoms in total. The van der Waals surface area contributed by atoms with Crippen LogP contribution < -0.4 is 19.7 Å². The van der Waals surface area contributed by atoms with Gasteiger partial charge in [-0.25, -0.2) is 0 Å². The van der Waals surface area contributed by atoms with Gasteiger partial charge in [-0.05, 0) is 67.1 Å². The van der Waals surface area contributed by atoms with Crippen LogP contribution in [0.1, 0.15) is 12.0 Å². The fourth-order valence-electron chi connectivity index (χ4n) is 3.74. The topological polar surface area (TPSA) is 94.2 Å². The van der Waals surface area contributed by atoms with Gasteiger partial charge in [0, 0.05) is 24.3 Å². The maximum Gasteiger partial charge on any atom is 0.311 e. The van der Waals surface area contributed by atoms with E-state index in [1.807, 2.05) is 25.1 Å². The molecule has 0 saturated carbocycles. The molecule has 1 N–H and O–H groups in total. The molecule has 0 aromatic heterocycles. The van der Waals surface area contributed by atoms with E-state index in [2.05, 4.69) is 5.32 Å². The van der Waals surface area contributed by atoms with Crippen LogP contribution in [0.2, 0.25) is 0 Å². The molecule has 3 aromatic rings. The molecule has 35 heavy (non-hydrogen) atoms. The van der Waals surface area contributed by atoms with Crippen molar-refractivity contribution in [2.45, 2.75) is 13.3 Å². The van der Waals surface area contributed by atoms with Crippen molar-refractivity contribution < 1.29 is 28.6 Å². The molecule has 1 aliphatic rings. The zero-order valence-electron chi connectivity index (χ0n) is 19.5. The van der Waals surface area contributed by atoms with E-state index in [9.17, 15) is 14.4 Å². The van der Waals surface area contributed by atoms with Crippen LogP contribution in [0, 0.1) is 12.8 Å². The smallest absolute Gasteiger partial charge is 0.311 e. The normalized spacial score (nSPS) is 15.0. The summed E-state index contributed by atoms with van der Waals surface area (Å²) >= 11 is 0. The van der Waals surface area contributed by atoms with Gasteiger partial charge in [-0.15, -0.1) is 0 Å². The maximum absolute atomic E-state index is 12.5. The van der Waals surface area contributed by atoms with Crippen molar-refractivity contribution in [1.29, 1.82) is 0 Å². The molecular formula is C27H26N2O6. The number of para-hydroxylation sites is 1. The van der Waals surface area contributed by atoms with E-state index in [1.54, 1.807) is 61.7 Å². The number of anilines is 2. The number of nitrogens with one attached hydrogen (secondary N) is 1. The zero-order valence-corrected chi connectivity index (χ0v) is 19.5. The molecule has 1 aliphatic heterocycles. The summed E-state index contributed by atoms with van der Waals surface area (Å²) in [5.41, 5.74) is 2.23. The number of hydrogen-bond donors (Lipinski definition) is 1. The SMILES string of the molecule is COc1ccc(Oc2ccc(N3C[C@H](C(=O)OCC(=O)Nc4ccccc4C)CC3=O)cc2)cc1. The van der Waals surface area contributed by atoms with Gasteiger partial charge in [-0.3, -0.25) is 14.4 Å². The number of methoxy groups -OCH3 is 1. The van der Waals surface area contributed by atoms with E-state index in [-0.39, 0.29) is 18.9 Å². The summed E-state index contributed by atoms with van der Waals surface area (Å²) in [6.45, 7) is 1.66. The molecule has 0 aliphatic carbocycles. The van der Waals surface area contributed by atoms with Crippen LogP contribution in [0.3, 0.4) is 0 Å². The monoisotopic (exact) mass is 474 g/mol. The van der Waals surface area contributed by atoms with Gasteiger partial charge in [0.15, 0.2) is 6.61 Å². The van der Waals surface area contributed by atoms with Gasteiger partial charge in [-0.1, -0.05) is 18.2 Å². The first-order valence-corrected chi connectivity index (χ1v) is 11.2. The molecule has 1 fully saturated rings. The van der Waals surface area contributed by atoms with Crippen molar-refractivity contribution in [2.75, 3.05) is 30.5 Å². The first-order chi connectivity index (χ1) is 16.9. The van der Waals surface area contributed by atoms with Crippen molar-refractivity contribution in [2.24, 2.45) is 5.92 Å². The highest BCUT2D eigenvalue weighted by molar-refractivity contribution is 6.00. The molecule has 8 heteroatoms. The minimum Gasteiger partial charge on any atom is -0.497 e. The van der Waals surface area contributed by atoms with Gasteiger partial charge >= 0.3 is 5.97 Å². The number of rotatable bonds is 8. The van der Waals surface area contributed by atoms with Crippen molar-refractivity contribution in [3.05, 3.63) is 78.4 Å². The molecule has 180 valence electrons. The van der Waals surface area contributed by atoms with Crippen LogP contribution in [0.25, 0.3) is 0 Å². The lowest BCUT2D eigenvalue weighted by Crippen LogP contribution is -2.28. The van der Waals surface area contributed by atoms with Crippen molar-refractivity contribution >= 4 is 29.2 Å². The van der Waals surface area contributed by atoms with E-state index in [0.29, 0.717) is 22.9 Å². The Hall–Kier alpha value is -4.33. The first kappa shape index (κ1) is 23.8. The number of carbonyl (C=O) groups is 3. The first-order valence-electron chi connectivity index (χ1n) is 11.2. The number of benzene rings is 3. The van der Waals surface area contributed by atoms with Gasteiger partial charge in [0.1, 0.15) is 17.2 Å². The minimum atomic E-state index is -0.635. The number of hydrogen-bond acceptors (Lipinski definition) is 6. The van der Waals surface area contributed by atoms with Gasteiger partial charge in [0.25, 0.3) is 5.91 Å². The standard InChI is InChI=1S/C27H26N2O6/c1-18-5-3-4-6-24(18)28-25(30)17-34-27(32)19-15-26(31)29(16-19)20-7-9-22(10-8-20)35-23-13-11-21(33-2)12-14-23/h3-14,19H,15-17H2,1-2H3,(H,28,30)/t19-/m1/s1. The van der Waals surface area contributed by atoms with E-state index >= 15 is 0 Å². The number of esters is 1. The van der Waals surface area contributed by atoms with Gasteiger partial charge in [0.05, 0.1) is 13.0 Å². The van der Waals surface area contributed by atoms with Crippen molar-refractivity contribution in [1.82, 2.24) is 0 Å². The van der Waals surface area contributed by atoms with E-state index in [0.717, 1.165) is 11.3 Å². The molecular weight excluding hydrogens is 448 g/mol. The number of amides is 2. The zero-order chi connectivity index (χ0) is 24.8. The van der Waals surface area contributed by atoms with Crippen LogP contribution in [0.4, 0.5) is 11.4 Å². The molecule has 1 heterocycles. The molecule has 1 atom stereocenters. The lowest BCUT2D eigenvalue weighted by atomic mass is 10.1. The average Bonchev–Trinajstić information content (AvgIpc) is 3.26. The fourth-order valence-corrected chi connectivity index (χ4v) is 3.74. The van der Waals surface area contributed by atoms with E-state index < -0.39 is 24.4 Å². The maximum atomic E-state index is 12.5. The average molecular weight is 475 g/mol. The van der Waals surface area contributed by atoms with Crippen LogP contribution in [0.5, 0.6) is 17.2 Å². The summed E-state index contributed by atoms with van der Waals surface area (Å²) in [5, 5.41) is 2.72. The molecule has 2 amide bonds. The Morgan fingerprint density at radius 1 is 0.943 bits per heavy atom. The fraction of sp³-hybridized carbons (Fsp3) is 0.222. The van der Waals surface area contributed by atoms with E-state index in [1.165, 1.54) is 4.90 Å². The summed E-state index contributed by atoms with van der Waals surface area (Å²) in [6, 6.07) is 21.6. The second-order valence-electron chi connectivity index (χ2n) is 8.15. The Labute approximate surface area is 203 Å². The highest BCUT2D eigenvalue weighted by Gasteiger charge is 2.36. The van der Waals surface area contributed by atoms with Crippen LogP contribution in [-0.2, 0) is 19.1 Å². The molecule has 0 radical (unpaired) electrons. The predicted octanol–water partition coefficient (Wildman–Crippen LogP) is 4.33. The van der Waals surface area contributed by atoms with Crippen molar-refractivity contribution in [3.8, 4) is 17.2 Å². The second kappa shape index (κ2) is 10.7. The molecule has 0 unspecified atom stereocenters. The number of carbonyl (C=O) groups excluding carboxylic acids is 3. The summed E-state index contributed by atoms with van der Waals surface area (Å²) < 4.78 is 16.1. The summed E-state index contributed by atoms with van der Waals surface area (Å²) in [5.74, 6) is 0.192. The Kier molecular flexibility index (Phi) is 7.30. The van der Waals surface area contributed by atoms with Crippen molar-refractivity contribution in [3.63, 3.8) is 0 Å². The Morgan fingerprint density at radius 3 is 2.23 bits per heavy atom. The third kappa shape index (κ3) is 5.97. The molecule has 0 spiro atoms. The summed E-state index contributed by atoms with van der Waals surface area (Å²) in [6.07, 6.45) is 0.0301. The number of ether oxygens (including phenoxy) is 3. The highest BCUT2D eigenvalue weighted by atomic mass is 16.5. The van der Waals surface area contributed by atoms with Gasteiger partial charge in [-0.2, -0.15) is 0 Å². The summed E-state index contributed by atoms with van der Waals surface area (Å²) in [4.78, 5) is 38.7. The Bertz CT molecular complexity index is 1210. The van der Waals surface area contributed by atoms with Gasteiger partial charge in [0.2, 0.25) is 5.91 Å². The van der Waals surface area contributed by atoms with Crippen LogP contribution in [-0.4, -0.2) is 38.0 Å². The molecule has 4 rings (SSSR count). The second-order valence-corrected chi connectivity index (χ2v) is 8.15. The lowest BCUT2D eigenvalue weighted by molar-refractivity contribution is -0.151. The molecule has 0 bridgehead atoms. The van der Waals surface area contributed by atoms with Crippen LogP contribution in [0.15, 0.2) is 72.8 Å². The Balaban J connectivity index is 1.29. The third-order valence-electron chi connectivity index (χ3n) is 5.67.